The Kier molecular flexibility index (Phi) is 8.39. The molecule has 0 radical (unpaired) electrons. The largest absolute Gasteiger partial charge is 0.336 e. The quantitative estimate of drug-likeness (QED) is 0.325. The zero-order valence-corrected chi connectivity index (χ0v) is 16.7. The predicted octanol–water partition coefficient (Wildman–Crippen LogP) is 2.26. The lowest BCUT2D eigenvalue weighted by molar-refractivity contribution is 0.712. The first-order valence-corrected chi connectivity index (χ1v) is 10.8. The van der Waals surface area contributed by atoms with Gasteiger partial charge in [-0.3, -0.25) is 0 Å². The molecule has 0 aliphatic heterocycles. The highest BCUT2D eigenvalue weighted by Crippen LogP contribution is 2.20. The smallest absolute Gasteiger partial charge is 0.209 e. The summed E-state index contributed by atoms with van der Waals surface area (Å²) in [5, 5.41) is 18.2. The van der Waals surface area contributed by atoms with Crippen LogP contribution in [0.25, 0.3) is 0 Å². The van der Waals surface area contributed by atoms with E-state index in [0.29, 0.717) is 0 Å². The summed E-state index contributed by atoms with van der Waals surface area (Å²) in [6.07, 6.45) is 7.17. The number of nitrogen functional groups attached to an aromatic ring is 2. The van der Waals surface area contributed by atoms with Gasteiger partial charge in [0.25, 0.3) is 0 Å². The third-order valence-corrected chi connectivity index (χ3v) is 5.79. The van der Waals surface area contributed by atoms with Gasteiger partial charge in [0.2, 0.25) is 10.3 Å². The van der Waals surface area contributed by atoms with Crippen molar-refractivity contribution in [1.82, 2.24) is 29.7 Å². The molecule has 0 spiro atoms. The lowest BCUT2D eigenvalue weighted by Gasteiger charge is -2.04. The summed E-state index contributed by atoms with van der Waals surface area (Å²) in [6, 6.07) is 0. The Morgan fingerprint density at radius 2 is 1.16 bits per heavy atom. The number of aromatic nitrogens is 6. The van der Waals surface area contributed by atoms with Crippen molar-refractivity contribution in [3.05, 3.63) is 11.6 Å². The molecule has 140 valence electrons. The fraction of sp³-hybridized carbons (Fsp3) is 0.733. The van der Waals surface area contributed by atoms with Gasteiger partial charge in [0.1, 0.15) is 0 Å². The molecule has 0 aliphatic rings. The SMILES string of the molecule is CCCCc1nnc(SCCCSc2nnc(CCCC)n2N)n1N. The monoisotopic (exact) mass is 384 g/mol. The average Bonchev–Trinajstić information content (AvgIpc) is 3.14. The van der Waals surface area contributed by atoms with Crippen molar-refractivity contribution in [2.75, 3.05) is 23.2 Å². The van der Waals surface area contributed by atoms with E-state index in [1.54, 1.807) is 32.9 Å². The zero-order chi connectivity index (χ0) is 18.1. The summed E-state index contributed by atoms with van der Waals surface area (Å²) in [7, 11) is 0. The molecule has 0 bridgehead atoms. The fourth-order valence-electron chi connectivity index (χ4n) is 2.21. The Morgan fingerprint density at radius 3 is 1.56 bits per heavy atom. The second kappa shape index (κ2) is 10.5. The van der Waals surface area contributed by atoms with Crippen molar-refractivity contribution in [3.63, 3.8) is 0 Å². The maximum atomic E-state index is 6.04. The van der Waals surface area contributed by atoms with Crippen molar-refractivity contribution in [3.8, 4) is 0 Å². The van der Waals surface area contributed by atoms with Crippen LogP contribution in [-0.4, -0.2) is 41.3 Å². The second-order valence-electron chi connectivity index (χ2n) is 5.80. The second-order valence-corrected chi connectivity index (χ2v) is 7.92. The van der Waals surface area contributed by atoms with Crippen LogP contribution >= 0.6 is 23.5 Å². The number of thioether (sulfide) groups is 2. The molecule has 4 N–H and O–H groups in total. The summed E-state index contributed by atoms with van der Waals surface area (Å²) in [5.41, 5.74) is 0. The van der Waals surface area contributed by atoms with Gasteiger partial charge in [-0.2, -0.15) is 0 Å². The van der Waals surface area contributed by atoms with Gasteiger partial charge in [-0.05, 0) is 19.3 Å². The van der Waals surface area contributed by atoms with E-state index in [4.69, 9.17) is 11.7 Å². The van der Waals surface area contributed by atoms with E-state index < -0.39 is 0 Å². The van der Waals surface area contributed by atoms with Crippen LogP contribution in [0.5, 0.6) is 0 Å². The molecule has 2 heterocycles. The highest BCUT2D eigenvalue weighted by atomic mass is 32.2. The van der Waals surface area contributed by atoms with Crippen molar-refractivity contribution >= 4 is 23.5 Å². The van der Waals surface area contributed by atoms with Gasteiger partial charge in [0, 0.05) is 24.3 Å². The van der Waals surface area contributed by atoms with E-state index in [0.717, 1.165) is 78.4 Å². The number of aryl methyl sites for hydroxylation is 2. The van der Waals surface area contributed by atoms with E-state index in [-0.39, 0.29) is 0 Å². The molecule has 0 saturated carbocycles. The molecule has 0 fully saturated rings. The van der Waals surface area contributed by atoms with Gasteiger partial charge in [0.15, 0.2) is 11.6 Å². The third-order valence-electron chi connectivity index (χ3n) is 3.73. The highest BCUT2D eigenvalue weighted by Gasteiger charge is 2.11. The molecule has 0 amide bonds. The van der Waals surface area contributed by atoms with Crippen LogP contribution in [0, 0.1) is 0 Å². The summed E-state index contributed by atoms with van der Waals surface area (Å²) in [6.45, 7) is 4.30. The standard InChI is InChI=1S/C15H28N8S2/c1-3-5-8-12-18-20-14(22(12)16)24-10-7-11-25-15-21-19-13(23(15)17)9-6-4-2/h3-11,16-17H2,1-2H3. The van der Waals surface area contributed by atoms with Crippen LogP contribution in [-0.2, 0) is 12.8 Å². The number of nitrogens with two attached hydrogens (primary N) is 2. The van der Waals surface area contributed by atoms with Crippen molar-refractivity contribution in [2.45, 2.75) is 69.1 Å². The van der Waals surface area contributed by atoms with Crippen LogP contribution in [0.1, 0.15) is 57.6 Å². The topological polar surface area (TPSA) is 113 Å². The summed E-state index contributed by atoms with van der Waals surface area (Å²) >= 11 is 3.27. The molecule has 0 aromatic carbocycles. The maximum Gasteiger partial charge on any atom is 0.209 e. The first kappa shape index (κ1) is 19.9. The van der Waals surface area contributed by atoms with Gasteiger partial charge >= 0.3 is 0 Å². The first-order chi connectivity index (χ1) is 12.2. The van der Waals surface area contributed by atoms with E-state index in [1.165, 1.54) is 0 Å². The zero-order valence-electron chi connectivity index (χ0n) is 15.0. The van der Waals surface area contributed by atoms with Crippen molar-refractivity contribution < 1.29 is 0 Å². The summed E-state index contributed by atoms with van der Waals surface area (Å²) in [5.74, 6) is 15.6. The van der Waals surface area contributed by atoms with Crippen LogP contribution in [0.4, 0.5) is 0 Å². The molecule has 0 unspecified atom stereocenters. The van der Waals surface area contributed by atoms with Crippen LogP contribution in [0.2, 0.25) is 0 Å². The van der Waals surface area contributed by atoms with E-state index >= 15 is 0 Å². The molecule has 0 saturated heterocycles. The molecule has 2 aromatic heterocycles. The van der Waals surface area contributed by atoms with Crippen LogP contribution in [0.15, 0.2) is 10.3 Å². The van der Waals surface area contributed by atoms with Crippen LogP contribution in [0.3, 0.4) is 0 Å². The average molecular weight is 385 g/mol. The Morgan fingerprint density at radius 1 is 0.720 bits per heavy atom. The Balaban J connectivity index is 1.70. The lowest BCUT2D eigenvalue weighted by Crippen LogP contribution is -2.14. The summed E-state index contributed by atoms with van der Waals surface area (Å²) in [4.78, 5) is 0. The van der Waals surface area contributed by atoms with E-state index in [1.807, 2.05) is 0 Å². The molecule has 10 heteroatoms. The van der Waals surface area contributed by atoms with E-state index in [2.05, 4.69) is 34.2 Å². The van der Waals surface area contributed by atoms with Gasteiger partial charge in [0.05, 0.1) is 0 Å². The lowest BCUT2D eigenvalue weighted by atomic mass is 10.2. The van der Waals surface area contributed by atoms with Gasteiger partial charge in [-0.25, -0.2) is 9.35 Å². The molecular formula is C15H28N8S2. The Hall–Kier alpha value is -1.42. The molecule has 0 aliphatic carbocycles. The summed E-state index contributed by atoms with van der Waals surface area (Å²) < 4.78 is 3.23. The molecule has 8 nitrogen and oxygen atoms in total. The molecule has 2 rings (SSSR count). The minimum absolute atomic E-state index is 0.778. The number of hydrogen-bond acceptors (Lipinski definition) is 8. The third kappa shape index (κ3) is 5.81. The predicted molar refractivity (Wildman–Crippen MR) is 104 cm³/mol. The number of unbranched alkanes of at least 4 members (excludes halogenated alkanes) is 2. The highest BCUT2D eigenvalue weighted by molar-refractivity contribution is 8.00. The fourth-order valence-corrected chi connectivity index (χ4v) is 4.02. The Bertz CT molecular complexity index is 585. The van der Waals surface area contributed by atoms with E-state index in [9.17, 15) is 0 Å². The van der Waals surface area contributed by atoms with Crippen molar-refractivity contribution in [2.24, 2.45) is 0 Å². The first-order valence-electron chi connectivity index (χ1n) is 8.81. The van der Waals surface area contributed by atoms with Crippen molar-refractivity contribution in [1.29, 1.82) is 0 Å². The maximum absolute atomic E-state index is 6.04. The van der Waals surface area contributed by atoms with Gasteiger partial charge in [-0.15, -0.1) is 20.4 Å². The molecule has 2 aromatic rings. The Labute approximate surface area is 157 Å². The van der Waals surface area contributed by atoms with Crippen LogP contribution < -0.4 is 11.7 Å². The van der Waals surface area contributed by atoms with Gasteiger partial charge in [-0.1, -0.05) is 50.2 Å². The molecule has 25 heavy (non-hydrogen) atoms. The number of nitrogens with zero attached hydrogens (tertiary/aromatic N) is 6. The normalized spacial score (nSPS) is 11.3. The number of rotatable bonds is 12. The van der Waals surface area contributed by atoms with Gasteiger partial charge < -0.3 is 11.7 Å². The number of hydrogen-bond donors (Lipinski definition) is 2. The molecule has 0 atom stereocenters. The molecular weight excluding hydrogens is 356 g/mol. The minimum Gasteiger partial charge on any atom is -0.336 e. The minimum atomic E-state index is 0.778.